The number of benzene rings is 2. The molecule has 0 unspecified atom stereocenters. The Hall–Kier alpha value is -2.05. The molecule has 0 aliphatic heterocycles. The molecule has 0 bridgehead atoms. The van der Waals surface area contributed by atoms with Crippen molar-refractivity contribution in [2.75, 3.05) is 17.7 Å². The zero-order chi connectivity index (χ0) is 16.9. The van der Waals surface area contributed by atoms with Gasteiger partial charge in [-0.1, -0.05) is 35.1 Å². The minimum atomic E-state index is -0.0578. The van der Waals surface area contributed by atoms with Crippen LogP contribution in [0.1, 0.15) is 12.5 Å². The van der Waals surface area contributed by atoms with E-state index in [2.05, 4.69) is 10.3 Å². The van der Waals surface area contributed by atoms with Crippen molar-refractivity contribution in [2.45, 2.75) is 18.7 Å². The number of rotatable bonds is 6. The molecular weight excluding hydrogens is 340 g/mol. The maximum Gasteiger partial charge on any atom is 0.236 e. The summed E-state index contributed by atoms with van der Waals surface area (Å²) < 4.78 is 6.58. The number of carbonyl (C=O) groups is 1. The Morgan fingerprint density at radius 3 is 2.79 bits per heavy atom. The normalized spacial score (nSPS) is 10.8. The van der Waals surface area contributed by atoms with Crippen molar-refractivity contribution in [1.82, 2.24) is 4.98 Å². The first-order chi connectivity index (χ1) is 11.7. The number of thiazole rings is 1. The number of hydrogen-bond acceptors (Lipinski definition) is 5. The lowest BCUT2D eigenvalue weighted by Crippen LogP contribution is -2.13. The van der Waals surface area contributed by atoms with E-state index in [-0.39, 0.29) is 5.91 Å². The maximum absolute atomic E-state index is 12.1. The van der Waals surface area contributed by atoms with Gasteiger partial charge in [-0.2, -0.15) is 0 Å². The first kappa shape index (κ1) is 16.8. The molecule has 0 aliphatic carbocycles. The van der Waals surface area contributed by atoms with Crippen LogP contribution >= 0.6 is 23.1 Å². The third-order valence-electron chi connectivity index (χ3n) is 3.32. The molecule has 124 valence electrons. The van der Waals surface area contributed by atoms with Gasteiger partial charge in [0.2, 0.25) is 5.91 Å². The molecule has 0 radical (unpaired) electrons. The second-order valence-electron chi connectivity index (χ2n) is 5.20. The van der Waals surface area contributed by atoms with E-state index in [0.29, 0.717) is 17.5 Å². The third kappa shape index (κ3) is 4.07. The number of amides is 1. The Morgan fingerprint density at radius 1 is 1.25 bits per heavy atom. The smallest absolute Gasteiger partial charge is 0.236 e. The summed E-state index contributed by atoms with van der Waals surface area (Å²) in [6.07, 6.45) is 0. The molecular formula is C18H18N2O2S2. The van der Waals surface area contributed by atoms with Crippen LogP contribution in [0.5, 0.6) is 5.75 Å². The quantitative estimate of drug-likeness (QED) is 0.647. The van der Waals surface area contributed by atoms with Gasteiger partial charge in [0.1, 0.15) is 11.3 Å². The number of thioether (sulfide) groups is 1. The minimum Gasteiger partial charge on any atom is -0.492 e. The van der Waals surface area contributed by atoms with Crippen molar-refractivity contribution >= 4 is 44.4 Å². The standard InChI is InChI=1S/C18H18N2O2S2/c1-3-22-14-5-4-6-15-17(14)20-18(24-15)19-16(21)11-23-13-9-7-12(2)8-10-13/h4-10H,3,11H2,1-2H3,(H,19,20,21). The van der Waals surface area contributed by atoms with Gasteiger partial charge >= 0.3 is 0 Å². The van der Waals surface area contributed by atoms with E-state index in [4.69, 9.17) is 4.74 Å². The average Bonchev–Trinajstić information content (AvgIpc) is 2.98. The zero-order valence-corrected chi connectivity index (χ0v) is 15.2. The molecule has 24 heavy (non-hydrogen) atoms. The lowest BCUT2D eigenvalue weighted by Gasteiger charge is -2.03. The summed E-state index contributed by atoms with van der Waals surface area (Å²) in [5, 5.41) is 3.48. The predicted octanol–water partition coefficient (Wildman–Crippen LogP) is 4.73. The summed E-state index contributed by atoms with van der Waals surface area (Å²) in [4.78, 5) is 17.7. The Labute approximate surface area is 149 Å². The average molecular weight is 358 g/mol. The number of para-hydroxylation sites is 1. The fourth-order valence-electron chi connectivity index (χ4n) is 2.19. The number of hydrogen-bond donors (Lipinski definition) is 1. The van der Waals surface area contributed by atoms with E-state index >= 15 is 0 Å². The lowest BCUT2D eigenvalue weighted by atomic mass is 10.2. The highest BCUT2D eigenvalue weighted by atomic mass is 32.2. The number of aryl methyl sites for hydroxylation is 1. The molecule has 1 aromatic heterocycles. The van der Waals surface area contributed by atoms with Crippen LogP contribution in [-0.2, 0) is 4.79 Å². The molecule has 0 saturated carbocycles. The van der Waals surface area contributed by atoms with Gasteiger partial charge in [-0.3, -0.25) is 4.79 Å². The molecule has 6 heteroatoms. The SMILES string of the molecule is CCOc1cccc2sc(NC(=O)CSc3ccc(C)cc3)nc12. The monoisotopic (exact) mass is 358 g/mol. The highest BCUT2D eigenvalue weighted by Gasteiger charge is 2.11. The molecule has 2 aromatic carbocycles. The van der Waals surface area contributed by atoms with Crippen LogP contribution < -0.4 is 10.1 Å². The Balaban J connectivity index is 1.64. The second kappa shape index (κ2) is 7.68. The van der Waals surface area contributed by atoms with E-state index in [9.17, 15) is 4.79 Å². The summed E-state index contributed by atoms with van der Waals surface area (Å²) in [5.74, 6) is 1.05. The van der Waals surface area contributed by atoms with E-state index in [1.807, 2.05) is 56.3 Å². The van der Waals surface area contributed by atoms with Gasteiger partial charge in [0, 0.05) is 4.90 Å². The second-order valence-corrected chi connectivity index (χ2v) is 7.28. The fourth-order valence-corrected chi connectivity index (χ4v) is 3.79. The zero-order valence-electron chi connectivity index (χ0n) is 13.5. The van der Waals surface area contributed by atoms with Crippen LogP contribution in [0.2, 0.25) is 0 Å². The van der Waals surface area contributed by atoms with Crippen LogP contribution in [-0.4, -0.2) is 23.3 Å². The molecule has 3 aromatic rings. The van der Waals surface area contributed by atoms with Gasteiger partial charge in [0.15, 0.2) is 5.13 Å². The van der Waals surface area contributed by atoms with Crippen molar-refractivity contribution in [3.63, 3.8) is 0 Å². The van der Waals surface area contributed by atoms with Crippen LogP contribution in [0.3, 0.4) is 0 Å². The molecule has 1 heterocycles. The van der Waals surface area contributed by atoms with Gasteiger partial charge < -0.3 is 10.1 Å². The van der Waals surface area contributed by atoms with Crippen molar-refractivity contribution < 1.29 is 9.53 Å². The van der Waals surface area contributed by atoms with Gasteiger partial charge in [-0.15, -0.1) is 11.8 Å². The third-order valence-corrected chi connectivity index (χ3v) is 5.27. The first-order valence-electron chi connectivity index (χ1n) is 7.67. The minimum absolute atomic E-state index is 0.0578. The first-order valence-corrected chi connectivity index (χ1v) is 9.47. The van der Waals surface area contributed by atoms with Gasteiger partial charge in [0.05, 0.1) is 17.1 Å². The van der Waals surface area contributed by atoms with E-state index < -0.39 is 0 Å². The highest BCUT2D eigenvalue weighted by molar-refractivity contribution is 8.00. The van der Waals surface area contributed by atoms with Crippen LogP contribution in [0.4, 0.5) is 5.13 Å². The number of nitrogens with zero attached hydrogens (tertiary/aromatic N) is 1. The molecule has 0 fully saturated rings. The lowest BCUT2D eigenvalue weighted by molar-refractivity contribution is -0.113. The van der Waals surface area contributed by atoms with Gasteiger partial charge in [0.25, 0.3) is 0 Å². The fraction of sp³-hybridized carbons (Fsp3) is 0.222. The van der Waals surface area contributed by atoms with E-state index in [1.165, 1.54) is 28.7 Å². The number of anilines is 1. The number of ether oxygens (including phenoxy) is 1. The van der Waals surface area contributed by atoms with Crippen molar-refractivity contribution in [2.24, 2.45) is 0 Å². The molecule has 0 aliphatic rings. The molecule has 4 nitrogen and oxygen atoms in total. The molecule has 0 spiro atoms. The summed E-state index contributed by atoms with van der Waals surface area (Å²) in [6.45, 7) is 4.58. The number of fused-ring (bicyclic) bond motifs is 1. The van der Waals surface area contributed by atoms with Crippen LogP contribution in [0.25, 0.3) is 10.2 Å². The number of nitrogens with one attached hydrogen (secondary N) is 1. The number of aromatic nitrogens is 1. The molecule has 1 N–H and O–H groups in total. The summed E-state index contributed by atoms with van der Waals surface area (Å²) in [5.41, 5.74) is 2.01. The topological polar surface area (TPSA) is 51.2 Å². The molecule has 0 saturated heterocycles. The molecule has 3 rings (SSSR count). The van der Waals surface area contributed by atoms with Crippen LogP contribution in [0.15, 0.2) is 47.4 Å². The van der Waals surface area contributed by atoms with Crippen LogP contribution in [0, 0.1) is 6.92 Å². The Morgan fingerprint density at radius 2 is 2.04 bits per heavy atom. The molecule has 0 atom stereocenters. The van der Waals surface area contributed by atoms with Crippen molar-refractivity contribution in [3.8, 4) is 5.75 Å². The van der Waals surface area contributed by atoms with Gasteiger partial charge in [-0.25, -0.2) is 4.98 Å². The Kier molecular flexibility index (Phi) is 5.37. The number of carbonyl (C=O) groups excluding carboxylic acids is 1. The summed E-state index contributed by atoms with van der Waals surface area (Å²) in [7, 11) is 0. The van der Waals surface area contributed by atoms with E-state index in [0.717, 1.165) is 20.9 Å². The highest BCUT2D eigenvalue weighted by Crippen LogP contribution is 2.32. The van der Waals surface area contributed by atoms with Crippen molar-refractivity contribution in [1.29, 1.82) is 0 Å². The Bertz CT molecular complexity index is 844. The summed E-state index contributed by atoms with van der Waals surface area (Å²) in [6, 6.07) is 14.0. The summed E-state index contributed by atoms with van der Waals surface area (Å²) >= 11 is 2.97. The molecule has 1 amide bonds. The van der Waals surface area contributed by atoms with Gasteiger partial charge in [-0.05, 0) is 38.1 Å². The van der Waals surface area contributed by atoms with E-state index in [1.54, 1.807) is 0 Å². The van der Waals surface area contributed by atoms with Crippen molar-refractivity contribution in [3.05, 3.63) is 48.0 Å². The largest absolute Gasteiger partial charge is 0.492 e. The maximum atomic E-state index is 12.1. The predicted molar refractivity (Wildman–Crippen MR) is 101 cm³/mol.